The molecule has 0 bridgehead atoms. The molecular weight excluding hydrogens is 240 g/mol. The van der Waals surface area contributed by atoms with Crippen LogP contribution in [0.5, 0.6) is 0 Å². The number of carbonyl (C=O) groups excluding carboxylic acids is 1. The van der Waals surface area contributed by atoms with Crippen molar-refractivity contribution in [1.29, 1.82) is 0 Å². The van der Waals surface area contributed by atoms with Crippen LogP contribution in [-0.4, -0.2) is 22.2 Å². The van der Waals surface area contributed by atoms with Gasteiger partial charge in [0, 0.05) is 23.5 Å². The Labute approximate surface area is 103 Å². The molecular formula is C11H12N2O5. The van der Waals surface area contributed by atoms with E-state index in [1.807, 2.05) is 0 Å². The summed E-state index contributed by atoms with van der Waals surface area (Å²) in [7, 11) is 0. The average Bonchev–Trinajstić information content (AvgIpc) is 2.27. The smallest absolute Gasteiger partial charge is 0.269 e. The van der Waals surface area contributed by atoms with Gasteiger partial charge in [-0.25, -0.2) is 0 Å². The number of hydrogen-bond acceptors (Lipinski definition) is 5. The highest BCUT2D eigenvalue weighted by Crippen LogP contribution is 2.24. The van der Waals surface area contributed by atoms with E-state index in [4.69, 9.17) is 0 Å². The minimum absolute atomic E-state index is 0.00213. The molecule has 1 rings (SSSR count). The first-order valence-corrected chi connectivity index (χ1v) is 5.25. The normalized spacial score (nSPS) is 11.8. The summed E-state index contributed by atoms with van der Waals surface area (Å²) in [5.41, 5.74) is 0.306. The van der Waals surface area contributed by atoms with Crippen LogP contribution in [0.3, 0.4) is 0 Å². The lowest BCUT2D eigenvalue weighted by molar-refractivity contribution is -0.483. The lowest BCUT2D eigenvalue weighted by Crippen LogP contribution is -2.15. The zero-order valence-electron chi connectivity index (χ0n) is 9.74. The third-order valence-electron chi connectivity index (χ3n) is 2.46. The summed E-state index contributed by atoms with van der Waals surface area (Å²) in [6.07, 6.45) is 0.00213. The highest BCUT2D eigenvalue weighted by molar-refractivity contribution is 5.76. The Morgan fingerprint density at radius 1 is 1.33 bits per heavy atom. The maximum atomic E-state index is 11.1. The molecule has 0 amide bonds. The van der Waals surface area contributed by atoms with E-state index in [9.17, 15) is 25.0 Å². The summed E-state index contributed by atoms with van der Waals surface area (Å²) in [6, 6.07) is 5.60. The van der Waals surface area contributed by atoms with Crippen molar-refractivity contribution < 1.29 is 14.6 Å². The van der Waals surface area contributed by atoms with Gasteiger partial charge < -0.3 is 4.79 Å². The number of nitro benzene ring substituents is 1. The van der Waals surface area contributed by atoms with E-state index in [1.54, 1.807) is 6.07 Å². The summed E-state index contributed by atoms with van der Waals surface area (Å²) in [5, 5.41) is 21.2. The largest absolute Gasteiger partial charge is 0.300 e. The topological polar surface area (TPSA) is 103 Å². The second kappa shape index (κ2) is 5.85. The van der Waals surface area contributed by atoms with Crippen molar-refractivity contribution in [2.24, 2.45) is 0 Å². The van der Waals surface area contributed by atoms with Gasteiger partial charge in [0.25, 0.3) is 5.69 Å². The van der Waals surface area contributed by atoms with Gasteiger partial charge in [0.05, 0.1) is 10.8 Å². The third kappa shape index (κ3) is 3.93. The van der Waals surface area contributed by atoms with E-state index >= 15 is 0 Å². The molecule has 0 radical (unpaired) electrons. The number of nitro groups is 2. The van der Waals surface area contributed by atoms with Gasteiger partial charge in [-0.3, -0.25) is 20.2 Å². The number of Topliss-reactive ketones (excluding diaryl/α,β-unsaturated/α-hetero) is 1. The Hall–Kier alpha value is -2.31. The first-order valence-electron chi connectivity index (χ1n) is 5.25. The van der Waals surface area contributed by atoms with Crippen LogP contribution < -0.4 is 0 Å². The molecule has 0 aromatic heterocycles. The fraction of sp³-hybridized carbons (Fsp3) is 0.364. The minimum Gasteiger partial charge on any atom is -0.300 e. The molecule has 96 valence electrons. The van der Waals surface area contributed by atoms with Crippen LogP contribution in [-0.2, 0) is 4.79 Å². The molecule has 0 spiro atoms. The van der Waals surface area contributed by atoms with E-state index < -0.39 is 22.3 Å². The van der Waals surface area contributed by atoms with Crippen LogP contribution in [0.1, 0.15) is 24.8 Å². The van der Waals surface area contributed by atoms with Crippen molar-refractivity contribution in [3.8, 4) is 0 Å². The second-order valence-electron chi connectivity index (χ2n) is 3.97. The molecule has 7 nitrogen and oxygen atoms in total. The van der Waals surface area contributed by atoms with Crippen molar-refractivity contribution in [3.05, 3.63) is 50.1 Å². The molecule has 1 aromatic carbocycles. The molecule has 0 aliphatic heterocycles. The number of rotatable bonds is 6. The van der Waals surface area contributed by atoms with Crippen molar-refractivity contribution >= 4 is 11.5 Å². The maximum Gasteiger partial charge on any atom is 0.269 e. The predicted molar refractivity (Wildman–Crippen MR) is 63.0 cm³/mol. The highest BCUT2D eigenvalue weighted by Gasteiger charge is 2.21. The van der Waals surface area contributed by atoms with Crippen molar-refractivity contribution in [2.75, 3.05) is 6.54 Å². The van der Waals surface area contributed by atoms with E-state index in [2.05, 4.69) is 0 Å². The zero-order valence-corrected chi connectivity index (χ0v) is 9.74. The number of ketones is 1. The average molecular weight is 252 g/mol. The Morgan fingerprint density at radius 3 is 2.50 bits per heavy atom. The summed E-state index contributed by atoms with van der Waals surface area (Å²) in [5.74, 6) is -0.814. The molecule has 7 heteroatoms. The molecule has 1 aromatic rings. The van der Waals surface area contributed by atoms with Crippen molar-refractivity contribution in [2.45, 2.75) is 19.3 Å². The molecule has 0 N–H and O–H groups in total. The van der Waals surface area contributed by atoms with E-state index in [0.29, 0.717) is 5.56 Å². The number of nitrogens with zero attached hydrogens (tertiary/aromatic N) is 2. The third-order valence-corrected chi connectivity index (χ3v) is 2.46. The fourth-order valence-electron chi connectivity index (χ4n) is 1.71. The number of hydrogen-bond donors (Lipinski definition) is 0. The van der Waals surface area contributed by atoms with Gasteiger partial charge in [-0.05, 0) is 12.5 Å². The first kappa shape index (κ1) is 13.8. The first-order chi connectivity index (χ1) is 8.40. The summed E-state index contributed by atoms with van der Waals surface area (Å²) in [6.45, 7) is 0.922. The zero-order chi connectivity index (χ0) is 13.7. The van der Waals surface area contributed by atoms with E-state index in [-0.39, 0.29) is 17.9 Å². The van der Waals surface area contributed by atoms with Crippen LogP contribution in [0.25, 0.3) is 0 Å². The summed E-state index contributed by atoms with van der Waals surface area (Å²) in [4.78, 5) is 31.1. The number of non-ortho nitro benzene ring substituents is 1. The van der Waals surface area contributed by atoms with Crippen molar-refractivity contribution in [3.63, 3.8) is 0 Å². The molecule has 0 unspecified atom stereocenters. The Bertz CT molecular complexity index is 470. The Balaban J connectivity index is 3.03. The van der Waals surface area contributed by atoms with Gasteiger partial charge in [-0.1, -0.05) is 12.1 Å². The lowest BCUT2D eigenvalue weighted by Gasteiger charge is -2.11. The van der Waals surface area contributed by atoms with E-state index in [1.165, 1.54) is 25.1 Å². The molecule has 0 fully saturated rings. The van der Waals surface area contributed by atoms with Gasteiger partial charge in [0.15, 0.2) is 0 Å². The predicted octanol–water partition coefficient (Wildman–Crippen LogP) is 1.93. The number of carbonyl (C=O) groups is 1. The fourth-order valence-corrected chi connectivity index (χ4v) is 1.71. The molecule has 0 saturated carbocycles. The van der Waals surface area contributed by atoms with Crippen LogP contribution in [0.15, 0.2) is 24.3 Å². The molecule has 1 atom stereocenters. The monoisotopic (exact) mass is 252 g/mol. The van der Waals surface area contributed by atoms with Crippen molar-refractivity contribution in [1.82, 2.24) is 0 Å². The Morgan fingerprint density at radius 2 is 2.00 bits per heavy atom. The van der Waals surface area contributed by atoms with Gasteiger partial charge in [-0.2, -0.15) is 0 Å². The van der Waals surface area contributed by atoms with Gasteiger partial charge >= 0.3 is 0 Å². The van der Waals surface area contributed by atoms with Gasteiger partial charge in [0.1, 0.15) is 5.78 Å². The molecule has 0 heterocycles. The van der Waals surface area contributed by atoms with Crippen LogP contribution in [0.4, 0.5) is 5.69 Å². The van der Waals surface area contributed by atoms with E-state index in [0.717, 1.165) is 0 Å². The quantitative estimate of drug-likeness (QED) is 0.568. The summed E-state index contributed by atoms with van der Waals surface area (Å²) < 4.78 is 0. The molecule has 0 aliphatic rings. The van der Waals surface area contributed by atoms with Crippen LogP contribution in [0, 0.1) is 20.2 Å². The maximum absolute atomic E-state index is 11.1. The summed E-state index contributed by atoms with van der Waals surface area (Å²) >= 11 is 0. The standard InChI is InChI=1S/C11H12N2O5/c1-8(14)5-10(7-12(15)16)9-3-2-4-11(6-9)13(17)18/h2-4,6,10H,5,7H2,1H3/t10-/m1/s1. The Kier molecular flexibility index (Phi) is 4.47. The second-order valence-corrected chi connectivity index (χ2v) is 3.97. The SMILES string of the molecule is CC(=O)C[C@H](C[N+](=O)[O-])c1cccc([N+](=O)[O-])c1. The van der Waals surface area contributed by atoms with Gasteiger partial charge in [0.2, 0.25) is 6.54 Å². The molecule has 0 saturated heterocycles. The molecule has 0 aliphatic carbocycles. The minimum atomic E-state index is -0.627. The molecule has 18 heavy (non-hydrogen) atoms. The van der Waals surface area contributed by atoms with Crippen LogP contribution >= 0.6 is 0 Å². The van der Waals surface area contributed by atoms with Gasteiger partial charge in [-0.15, -0.1) is 0 Å². The lowest BCUT2D eigenvalue weighted by atomic mass is 9.94. The highest BCUT2D eigenvalue weighted by atomic mass is 16.6. The van der Waals surface area contributed by atoms with Crippen LogP contribution in [0.2, 0.25) is 0 Å². The number of benzene rings is 1.